The van der Waals surface area contributed by atoms with Crippen LogP contribution in [-0.2, 0) is 7.05 Å². The number of para-hydroxylation sites is 1. The van der Waals surface area contributed by atoms with Crippen LogP contribution in [0.25, 0.3) is 0 Å². The average Bonchev–Trinajstić information content (AvgIpc) is 2.64. The number of carboxylic acid groups (broad SMARTS) is 1. The Hall–Kier alpha value is -2.14. The van der Waals surface area contributed by atoms with E-state index in [9.17, 15) is 20.0 Å². The summed E-state index contributed by atoms with van der Waals surface area (Å²) in [4.78, 5) is 21.8. The van der Waals surface area contributed by atoms with Crippen LogP contribution in [0.4, 0.5) is 5.69 Å². The van der Waals surface area contributed by atoms with Crippen LogP contribution in [-0.4, -0.2) is 41.5 Å². The van der Waals surface area contributed by atoms with E-state index in [0.717, 1.165) is 0 Å². The minimum absolute atomic E-state index is 0.0205. The number of aromatic nitrogens is 2. The molecular weight excluding hydrogens is 325 g/mol. The third kappa shape index (κ3) is 2.58. The summed E-state index contributed by atoms with van der Waals surface area (Å²) in [5.74, 6) is -1.07. The normalized spacial score (nSPS) is 11.1. The molecule has 0 aliphatic carbocycles. The molecule has 0 bridgehead atoms. The Balaban J connectivity index is 2.51. The summed E-state index contributed by atoms with van der Waals surface area (Å²) in [5.41, 5.74) is 0.718. The van der Waals surface area contributed by atoms with Crippen molar-refractivity contribution in [1.82, 2.24) is 9.78 Å². The second-order valence-electron chi connectivity index (χ2n) is 4.07. The molecule has 0 aliphatic rings. The molecular formula is C12H11AsN3O4. The number of aryl methyl sites for hydroxylation is 2. The number of rotatable bonds is 4. The molecule has 20 heavy (non-hydrogen) atoms. The number of nitro benzene ring substituents is 1. The van der Waals surface area contributed by atoms with Crippen LogP contribution in [0.2, 0.25) is 0 Å². The first-order valence-corrected chi connectivity index (χ1v) is 7.51. The quantitative estimate of drug-likeness (QED) is 0.481. The first-order chi connectivity index (χ1) is 9.41. The first-order valence-electron chi connectivity index (χ1n) is 5.64. The minimum atomic E-state index is -1.07. The maximum atomic E-state index is 11.3. The van der Waals surface area contributed by atoms with Gasteiger partial charge >= 0.3 is 120 Å². The standard InChI is InChI=1S/C12H11AsN3O4/c1-7-10(11(12(17)18)15(2)14-7)13-8-5-3-4-6-9(8)16(19)20/h3-6H,1-2H3,(H,17,18). The van der Waals surface area contributed by atoms with Crippen molar-refractivity contribution in [2.75, 3.05) is 0 Å². The van der Waals surface area contributed by atoms with Gasteiger partial charge in [-0.1, -0.05) is 0 Å². The topological polar surface area (TPSA) is 98.3 Å². The molecule has 1 aromatic heterocycles. The van der Waals surface area contributed by atoms with Crippen molar-refractivity contribution in [3.63, 3.8) is 0 Å². The van der Waals surface area contributed by atoms with Crippen molar-refractivity contribution < 1.29 is 14.8 Å². The van der Waals surface area contributed by atoms with Gasteiger partial charge in [-0.05, 0) is 0 Å². The fourth-order valence-electron chi connectivity index (χ4n) is 1.85. The molecule has 7 nitrogen and oxygen atoms in total. The van der Waals surface area contributed by atoms with E-state index in [1.54, 1.807) is 32.2 Å². The fourth-order valence-corrected chi connectivity index (χ4v) is 4.42. The Kier molecular flexibility index (Phi) is 3.90. The summed E-state index contributed by atoms with van der Waals surface area (Å²) in [7, 11) is 1.56. The molecule has 0 spiro atoms. The molecule has 2 aromatic rings. The van der Waals surface area contributed by atoms with Gasteiger partial charge in [-0.2, -0.15) is 0 Å². The Labute approximate surface area is 121 Å². The third-order valence-corrected chi connectivity index (χ3v) is 5.60. The van der Waals surface area contributed by atoms with Crippen molar-refractivity contribution in [3.05, 3.63) is 45.8 Å². The second kappa shape index (κ2) is 5.46. The zero-order chi connectivity index (χ0) is 14.9. The molecule has 0 atom stereocenters. The molecule has 0 amide bonds. The van der Waals surface area contributed by atoms with E-state index >= 15 is 0 Å². The molecule has 0 fully saturated rings. The predicted molar refractivity (Wildman–Crippen MR) is 73.0 cm³/mol. The van der Waals surface area contributed by atoms with Gasteiger partial charge < -0.3 is 0 Å². The molecule has 1 aromatic carbocycles. The molecule has 1 N–H and O–H groups in total. The number of carboxylic acids is 1. The van der Waals surface area contributed by atoms with Crippen LogP contribution in [0.15, 0.2) is 24.3 Å². The summed E-state index contributed by atoms with van der Waals surface area (Å²) in [5, 5.41) is 24.3. The molecule has 103 valence electrons. The van der Waals surface area contributed by atoms with E-state index in [-0.39, 0.29) is 11.4 Å². The summed E-state index contributed by atoms with van der Waals surface area (Å²) in [6, 6.07) is 6.40. The Bertz CT molecular complexity index is 696. The van der Waals surface area contributed by atoms with Crippen LogP contribution in [0.5, 0.6) is 0 Å². The number of hydrogen-bond donors (Lipinski definition) is 1. The van der Waals surface area contributed by atoms with Gasteiger partial charge in [0.1, 0.15) is 0 Å². The summed E-state index contributed by atoms with van der Waals surface area (Å²) < 4.78 is 2.45. The van der Waals surface area contributed by atoms with E-state index in [4.69, 9.17) is 0 Å². The van der Waals surface area contributed by atoms with Gasteiger partial charge in [0.05, 0.1) is 0 Å². The SMILES string of the molecule is Cc1nn(C)c(C(=O)O)c1[As]c1ccccc1[N+](=O)[O-]. The molecule has 1 radical (unpaired) electrons. The van der Waals surface area contributed by atoms with Gasteiger partial charge in [-0.3, -0.25) is 0 Å². The Morgan fingerprint density at radius 3 is 2.70 bits per heavy atom. The number of carbonyl (C=O) groups is 1. The maximum absolute atomic E-state index is 11.3. The molecule has 1 heterocycles. The number of benzene rings is 1. The van der Waals surface area contributed by atoms with Gasteiger partial charge in [0.25, 0.3) is 0 Å². The van der Waals surface area contributed by atoms with E-state index in [2.05, 4.69) is 5.10 Å². The van der Waals surface area contributed by atoms with E-state index in [0.29, 0.717) is 14.4 Å². The van der Waals surface area contributed by atoms with Crippen molar-refractivity contribution in [1.29, 1.82) is 0 Å². The monoisotopic (exact) mass is 336 g/mol. The van der Waals surface area contributed by atoms with Crippen LogP contribution >= 0.6 is 0 Å². The summed E-state index contributed by atoms with van der Waals surface area (Å²) in [6.45, 7) is 1.71. The number of hydrogen-bond acceptors (Lipinski definition) is 4. The molecule has 0 aliphatic heterocycles. The van der Waals surface area contributed by atoms with Gasteiger partial charge in [-0.15, -0.1) is 0 Å². The van der Waals surface area contributed by atoms with Crippen molar-refractivity contribution in [3.8, 4) is 0 Å². The van der Waals surface area contributed by atoms with Gasteiger partial charge in [0.2, 0.25) is 0 Å². The van der Waals surface area contributed by atoms with E-state index < -0.39 is 26.6 Å². The summed E-state index contributed by atoms with van der Waals surface area (Å²) >= 11 is -0.818. The van der Waals surface area contributed by atoms with Crippen molar-refractivity contribution in [2.45, 2.75) is 6.92 Å². The molecule has 2 rings (SSSR count). The fraction of sp³-hybridized carbons (Fsp3) is 0.167. The molecule has 0 saturated heterocycles. The Morgan fingerprint density at radius 1 is 1.45 bits per heavy atom. The van der Waals surface area contributed by atoms with Crippen molar-refractivity contribution >= 4 is 36.1 Å². The van der Waals surface area contributed by atoms with Crippen molar-refractivity contribution in [2.24, 2.45) is 7.05 Å². The van der Waals surface area contributed by atoms with Gasteiger partial charge in [0, 0.05) is 0 Å². The number of nitrogens with zero attached hydrogens (tertiary/aromatic N) is 3. The van der Waals surface area contributed by atoms with Crippen LogP contribution < -0.4 is 8.70 Å². The van der Waals surface area contributed by atoms with Gasteiger partial charge in [-0.25, -0.2) is 0 Å². The second-order valence-corrected chi connectivity index (χ2v) is 6.49. The van der Waals surface area contributed by atoms with Gasteiger partial charge in [0.15, 0.2) is 0 Å². The third-order valence-electron chi connectivity index (χ3n) is 2.70. The first kappa shape index (κ1) is 14.3. The van der Waals surface area contributed by atoms with Crippen LogP contribution in [0, 0.1) is 17.0 Å². The number of aromatic carboxylic acids is 1. The zero-order valence-corrected chi connectivity index (χ0v) is 12.6. The summed E-state index contributed by atoms with van der Waals surface area (Å²) in [6.07, 6.45) is 0. The zero-order valence-electron chi connectivity index (χ0n) is 10.8. The molecule has 0 saturated carbocycles. The predicted octanol–water partition coefficient (Wildman–Crippen LogP) is -0.0101. The Morgan fingerprint density at radius 2 is 2.10 bits per heavy atom. The van der Waals surface area contributed by atoms with Crippen LogP contribution in [0.1, 0.15) is 16.2 Å². The number of nitro groups is 1. The van der Waals surface area contributed by atoms with E-state index in [1.807, 2.05) is 0 Å². The van der Waals surface area contributed by atoms with E-state index in [1.165, 1.54) is 10.7 Å². The average molecular weight is 336 g/mol. The molecule has 0 unspecified atom stereocenters. The molecule has 8 heteroatoms. The van der Waals surface area contributed by atoms with Crippen LogP contribution in [0.3, 0.4) is 0 Å².